The van der Waals surface area contributed by atoms with Gasteiger partial charge >= 0.3 is 5.97 Å². The molecule has 4 heteroatoms. The number of benzene rings is 1. The molecule has 3 rings (SSSR count). The molecule has 0 spiro atoms. The molecule has 3 nitrogen and oxygen atoms in total. The number of fused-ring (bicyclic) bond motifs is 1. The fourth-order valence-corrected chi connectivity index (χ4v) is 4.63. The zero-order valence-electron chi connectivity index (χ0n) is 11.8. The quantitative estimate of drug-likeness (QED) is 0.929. The number of rotatable bonds is 3. The first kappa shape index (κ1) is 14.0. The van der Waals surface area contributed by atoms with Gasteiger partial charge in [-0.1, -0.05) is 25.1 Å². The number of carbonyl (C=O) groups is 1. The average Bonchev–Trinajstić information content (AvgIpc) is 2.82. The minimum Gasteiger partial charge on any atom is -0.480 e. The summed E-state index contributed by atoms with van der Waals surface area (Å²) in [5, 5.41) is 9.93. The lowest BCUT2D eigenvalue weighted by Crippen LogP contribution is -2.49. The monoisotopic (exact) mass is 291 g/mol. The normalized spacial score (nSPS) is 30.1. The third kappa shape index (κ3) is 2.86. The number of carboxylic acids is 1. The van der Waals surface area contributed by atoms with Gasteiger partial charge in [0.1, 0.15) is 6.04 Å². The highest BCUT2D eigenvalue weighted by Crippen LogP contribution is 2.38. The molecule has 0 radical (unpaired) electrons. The predicted molar refractivity (Wildman–Crippen MR) is 81.2 cm³/mol. The van der Waals surface area contributed by atoms with Crippen LogP contribution < -0.4 is 0 Å². The van der Waals surface area contributed by atoms with Gasteiger partial charge in [-0.05, 0) is 43.4 Å². The van der Waals surface area contributed by atoms with Crippen molar-refractivity contribution in [2.24, 2.45) is 5.92 Å². The Labute approximate surface area is 124 Å². The second kappa shape index (κ2) is 5.78. The maximum Gasteiger partial charge on any atom is 0.320 e. The standard InChI is InChI=1S/C16H21NO2S/c1-11-6-7-17(14(8-11)16(18)19)10-13-9-12-4-2-3-5-15(12)20-13/h2-5,11,13-14H,6-10H2,1H3,(H,18,19). The molecular weight excluding hydrogens is 270 g/mol. The molecule has 0 saturated carbocycles. The Morgan fingerprint density at radius 3 is 3.00 bits per heavy atom. The molecule has 2 aliphatic heterocycles. The third-order valence-electron chi connectivity index (χ3n) is 4.41. The Morgan fingerprint density at radius 1 is 1.45 bits per heavy atom. The molecule has 20 heavy (non-hydrogen) atoms. The summed E-state index contributed by atoms with van der Waals surface area (Å²) in [6.45, 7) is 3.97. The SMILES string of the molecule is CC1CCN(CC2Cc3ccccc3S2)C(C(=O)O)C1. The summed E-state index contributed by atoms with van der Waals surface area (Å²) in [5.41, 5.74) is 1.42. The van der Waals surface area contributed by atoms with Crippen molar-refractivity contribution in [3.05, 3.63) is 29.8 Å². The number of hydrogen-bond acceptors (Lipinski definition) is 3. The van der Waals surface area contributed by atoms with Crippen LogP contribution in [0.5, 0.6) is 0 Å². The molecule has 2 heterocycles. The lowest BCUT2D eigenvalue weighted by Gasteiger charge is -2.37. The second-order valence-corrected chi connectivity index (χ2v) is 7.37. The van der Waals surface area contributed by atoms with Crippen molar-refractivity contribution in [3.8, 4) is 0 Å². The summed E-state index contributed by atoms with van der Waals surface area (Å²) in [6, 6.07) is 8.24. The van der Waals surface area contributed by atoms with E-state index in [1.165, 1.54) is 10.5 Å². The van der Waals surface area contributed by atoms with Crippen LogP contribution in [0.3, 0.4) is 0 Å². The van der Waals surface area contributed by atoms with E-state index in [1.807, 2.05) is 11.8 Å². The van der Waals surface area contributed by atoms with Crippen LogP contribution in [0.2, 0.25) is 0 Å². The third-order valence-corrected chi connectivity index (χ3v) is 5.71. The molecule has 3 atom stereocenters. The van der Waals surface area contributed by atoms with Gasteiger partial charge in [0, 0.05) is 16.7 Å². The van der Waals surface area contributed by atoms with Gasteiger partial charge in [0.05, 0.1) is 0 Å². The zero-order chi connectivity index (χ0) is 14.1. The van der Waals surface area contributed by atoms with E-state index < -0.39 is 5.97 Å². The van der Waals surface area contributed by atoms with Gasteiger partial charge in [0.2, 0.25) is 0 Å². The number of carboxylic acid groups (broad SMARTS) is 1. The Morgan fingerprint density at radius 2 is 2.25 bits per heavy atom. The van der Waals surface area contributed by atoms with E-state index in [1.54, 1.807) is 0 Å². The summed E-state index contributed by atoms with van der Waals surface area (Å²) in [5.74, 6) is -0.127. The summed E-state index contributed by atoms with van der Waals surface area (Å²) < 4.78 is 0. The highest BCUT2D eigenvalue weighted by atomic mass is 32.2. The molecule has 108 valence electrons. The molecular formula is C16H21NO2S. The molecule has 1 saturated heterocycles. The van der Waals surface area contributed by atoms with E-state index in [9.17, 15) is 9.90 Å². The summed E-state index contributed by atoms with van der Waals surface area (Å²) in [7, 11) is 0. The highest BCUT2D eigenvalue weighted by Gasteiger charge is 2.34. The molecule has 0 aliphatic carbocycles. The van der Waals surface area contributed by atoms with Gasteiger partial charge in [-0.25, -0.2) is 0 Å². The van der Waals surface area contributed by atoms with Crippen LogP contribution in [-0.4, -0.2) is 40.4 Å². The Kier molecular flexibility index (Phi) is 4.03. The number of hydrogen-bond donors (Lipinski definition) is 1. The van der Waals surface area contributed by atoms with Crippen LogP contribution in [0, 0.1) is 5.92 Å². The maximum atomic E-state index is 11.5. The number of piperidine rings is 1. The van der Waals surface area contributed by atoms with Crippen molar-refractivity contribution in [1.82, 2.24) is 4.90 Å². The Hall–Kier alpha value is -1.00. The molecule has 3 unspecified atom stereocenters. The minimum atomic E-state index is -0.655. The predicted octanol–water partition coefficient (Wildman–Crippen LogP) is 2.89. The van der Waals surface area contributed by atoms with Crippen molar-refractivity contribution in [2.75, 3.05) is 13.1 Å². The first-order valence-electron chi connectivity index (χ1n) is 7.35. The van der Waals surface area contributed by atoms with Crippen molar-refractivity contribution in [1.29, 1.82) is 0 Å². The summed E-state index contributed by atoms with van der Waals surface area (Å²) in [4.78, 5) is 15.0. The van der Waals surface area contributed by atoms with Gasteiger partial charge in [0.15, 0.2) is 0 Å². The fourth-order valence-electron chi connectivity index (χ4n) is 3.28. The summed E-state index contributed by atoms with van der Waals surface area (Å²) >= 11 is 1.91. The molecule has 2 aliphatic rings. The lowest BCUT2D eigenvalue weighted by atomic mass is 9.92. The van der Waals surface area contributed by atoms with Crippen molar-refractivity contribution < 1.29 is 9.90 Å². The van der Waals surface area contributed by atoms with Crippen molar-refractivity contribution in [3.63, 3.8) is 0 Å². The zero-order valence-corrected chi connectivity index (χ0v) is 12.6. The number of thioether (sulfide) groups is 1. The van der Waals surface area contributed by atoms with E-state index >= 15 is 0 Å². The van der Waals surface area contributed by atoms with Gasteiger partial charge in [-0.3, -0.25) is 9.69 Å². The van der Waals surface area contributed by atoms with E-state index in [0.29, 0.717) is 11.2 Å². The first-order valence-corrected chi connectivity index (χ1v) is 8.23. The number of likely N-dealkylation sites (tertiary alicyclic amines) is 1. The van der Waals surface area contributed by atoms with E-state index in [-0.39, 0.29) is 6.04 Å². The number of nitrogens with zero attached hydrogens (tertiary/aromatic N) is 1. The van der Waals surface area contributed by atoms with E-state index in [2.05, 4.69) is 36.1 Å². The first-order chi connectivity index (χ1) is 9.63. The van der Waals surface area contributed by atoms with Crippen LogP contribution in [0.4, 0.5) is 0 Å². The second-order valence-electron chi connectivity index (χ2n) is 6.03. The van der Waals surface area contributed by atoms with Gasteiger partial charge in [-0.15, -0.1) is 11.8 Å². The lowest BCUT2D eigenvalue weighted by molar-refractivity contribution is -0.145. The fraction of sp³-hybridized carbons (Fsp3) is 0.562. The van der Waals surface area contributed by atoms with Gasteiger partial charge in [-0.2, -0.15) is 0 Å². The largest absolute Gasteiger partial charge is 0.480 e. The molecule has 1 N–H and O–H groups in total. The van der Waals surface area contributed by atoms with Crippen LogP contribution in [-0.2, 0) is 11.2 Å². The van der Waals surface area contributed by atoms with E-state index in [4.69, 9.17) is 0 Å². The minimum absolute atomic E-state index is 0.289. The van der Waals surface area contributed by atoms with Crippen LogP contribution in [0.15, 0.2) is 29.2 Å². The topological polar surface area (TPSA) is 40.5 Å². The van der Waals surface area contributed by atoms with Gasteiger partial charge in [0.25, 0.3) is 0 Å². The van der Waals surface area contributed by atoms with Crippen molar-refractivity contribution in [2.45, 2.75) is 42.4 Å². The van der Waals surface area contributed by atoms with Crippen molar-refractivity contribution >= 4 is 17.7 Å². The highest BCUT2D eigenvalue weighted by molar-refractivity contribution is 8.00. The van der Waals surface area contributed by atoms with E-state index in [0.717, 1.165) is 32.4 Å². The molecule has 1 fully saturated rings. The number of aliphatic carboxylic acids is 1. The van der Waals surface area contributed by atoms with Crippen LogP contribution in [0.25, 0.3) is 0 Å². The molecule has 0 aromatic heterocycles. The average molecular weight is 291 g/mol. The maximum absolute atomic E-state index is 11.5. The smallest absolute Gasteiger partial charge is 0.320 e. The molecule has 0 amide bonds. The summed E-state index contributed by atoms with van der Waals surface area (Å²) in [6.07, 6.45) is 2.98. The Bertz CT molecular complexity index is 480. The van der Waals surface area contributed by atoms with Gasteiger partial charge < -0.3 is 5.11 Å². The van der Waals surface area contributed by atoms with Crippen LogP contribution >= 0.6 is 11.8 Å². The molecule has 1 aromatic carbocycles. The molecule has 1 aromatic rings. The molecule has 0 bridgehead atoms. The van der Waals surface area contributed by atoms with Crippen LogP contribution in [0.1, 0.15) is 25.3 Å². The Balaban J connectivity index is 1.65.